The minimum Gasteiger partial charge on any atom is -0.458 e. The molecule has 0 saturated carbocycles. The zero-order valence-corrected chi connectivity index (χ0v) is 27.7. The molecule has 0 unspecified atom stereocenters. The fourth-order valence-corrected chi connectivity index (χ4v) is 7.18. The number of hydrogen-bond donors (Lipinski definition) is 0. The van der Waals surface area contributed by atoms with Crippen LogP contribution in [0.1, 0.15) is 55.3 Å². The third kappa shape index (κ3) is 10.5. The number of esters is 4. The predicted octanol–water partition coefficient (Wildman–Crippen LogP) is 7.35. The van der Waals surface area contributed by atoms with Crippen molar-refractivity contribution in [3.05, 3.63) is 144 Å². The largest absolute Gasteiger partial charge is 0.458 e. The van der Waals surface area contributed by atoms with Crippen molar-refractivity contribution in [2.75, 3.05) is 18.1 Å². The molecule has 8 nitrogen and oxygen atoms in total. The van der Waals surface area contributed by atoms with Crippen LogP contribution >= 0.6 is 23.5 Å². The maximum absolute atomic E-state index is 13.6. The molecule has 0 spiro atoms. The second kappa shape index (κ2) is 18.6. The smallest absolute Gasteiger partial charge is 0.338 e. The first-order chi connectivity index (χ1) is 22.9. The van der Waals surface area contributed by atoms with Crippen molar-refractivity contribution < 1.29 is 38.1 Å². The van der Waals surface area contributed by atoms with Gasteiger partial charge in [0.25, 0.3) is 0 Å². The standard InChI is InChI=1S/C37H36O8S2/c1-3-46-37(47-4-2)32(45-36(41)29-23-15-8-16-24-29)31(44-35(40)28-21-13-7-14-22-28)30(43-34(39)27-19-11-6-12-20-27)25-42-33(38)26-17-9-5-10-18-26/h5-24,30-32,37H,3-4,25H2,1-2H3/t30-,31+,32+/m1/s1. The number of benzene rings is 4. The van der Waals surface area contributed by atoms with Crippen LogP contribution in [0.25, 0.3) is 0 Å². The lowest BCUT2D eigenvalue weighted by Crippen LogP contribution is -2.51. The van der Waals surface area contributed by atoms with Gasteiger partial charge in [-0.1, -0.05) is 86.6 Å². The summed E-state index contributed by atoms with van der Waals surface area (Å²) in [5.41, 5.74) is 1.05. The van der Waals surface area contributed by atoms with Gasteiger partial charge in [-0.15, -0.1) is 23.5 Å². The molecule has 0 heterocycles. The highest BCUT2D eigenvalue weighted by Crippen LogP contribution is 2.34. The lowest BCUT2D eigenvalue weighted by atomic mass is 10.1. The van der Waals surface area contributed by atoms with Crippen molar-refractivity contribution in [3.8, 4) is 0 Å². The first-order valence-electron chi connectivity index (χ1n) is 15.1. The van der Waals surface area contributed by atoms with Gasteiger partial charge in [-0.05, 0) is 60.0 Å². The summed E-state index contributed by atoms with van der Waals surface area (Å²) in [6, 6.07) is 33.4. The summed E-state index contributed by atoms with van der Waals surface area (Å²) in [7, 11) is 0. The lowest BCUT2D eigenvalue weighted by molar-refractivity contribution is -0.0974. The van der Waals surface area contributed by atoms with Gasteiger partial charge in [0, 0.05) is 0 Å². The molecule has 0 aliphatic rings. The van der Waals surface area contributed by atoms with Crippen molar-refractivity contribution in [3.63, 3.8) is 0 Å². The van der Waals surface area contributed by atoms with Crippen LogP contribution in [0.15, 0.2) is 121 Å². The van der Waals surface area contributed by atoms with E-state index in [-0.39, 0.29) is 16.7 Å². The number of thioether (sulfide) groups is 2. The molecular formula is C37H36O8S2. The Labute approximate surface area is 283 Å². The van der Waals surface area contributed by atoms with Crippen molar-refractivity contribution in [2.24, 2.45) is 0 Å². The first kappa shape index (κ1) is 35.3. The minimum atomic E-state index is -1.38. The molecule has 0 radical (unpaired) electrons. The number of rotatable bonds is 16. The molecule has 244 valence electrons. The Hall–Kier alpha value is -4.54. The van der Waals surface area contributed by atoms with Crippen LogP contribution in [0, 0.1) is 0 Å². The molecule has 4 rings (SSSR count). The Bertz CT molecular complexity index is 1560. The van der Waals surface area contributed by atoms with Crippen LogP contribution in [0.5, 0.6) is 0 Å². The molecule has 0 amide bonds. The van der Waals surface area contributed by atoms with E-state index in [0.717, 1.165) is 0 Å². The third-order valence-corrected chi connectivity index (χ3v) is 9.46. The van der Waals surface area contributed by atoms with Gasteiger partial charge in [0.05, 0.1) is 26.8 Å². The molecule has 0 N–H and O–H groups in total. The van der Waals surface area contributed by atoms with E-state index in [9.17, 15) is 19.2 Å². The van der Waals surface area contributed by atoms with E-state index in [1.807, 2.05) is 13.8 Å². The highest BCUT2D eigenvalue weighted by atomic mass is 32.2. The zero-order chi connectivity index (χ0) is 33.4. The van der Waals surface area contributed by atoms with Gasteiger partial charge in [0.15, 0.2) is 18.3 Å². The average Bonchev–Trinajstić information content (AvgIpc) is 3.12. The maximum atomic E-state index is 13.6. The Kier molecular flexibility index (Phi) is 14.0. The Morgan fingerprint density at radius 3 is 1.21 bits per heavy atom. The molecule has 0 bridgehead atoms. The molecule has 0 fully saturated rings. The van der Waals surface area contributed by atoms with Gasteiger partial charge in [-0.2, -0.15) is 0 Å². The van der Waals surface area contributed by atoms with Crippen LogP contribution in [-0.2, 0) is 18.9 Å². The van der Waals surface area contributed by atoms with Gasteiger partial charge in [0.1, 0.15) is 6.61 Å². The molecule has 4 aromatic carbocycles. The van der Waals surface area contributed by atoms with E-state index in [0.29, 0.717) is 17.1 Å². The monoisotopic (exact) mass is 672 g/mol. The van der Waals surface area contributed by atoms with Crippen molar-refractivity contribution >= 4 is 47.4 Å². The Morgan fingerprint density at radius 1 is 0.489 bits per heavy atom. The normalized spacial score (nSPS) is 12.7. The fraction of sp³-hybridized carbons (Fsp3) is 0.243. The predicted molar refractivity (Wildman–Crippen MR) is 184 cm³/mol. The van der Waals surface area contributed by atoms with E-state index in [1.54, 1.807) is 121 Å². The summed E-state index contributed by atoms with van der Waals surface area (Å²) in [4.78, 5) is 53.8. The van der Waals surface area contributed by atoms with Crippen LogP contribution < -0.4 is 0 Å². The van der Waals surface area contributed by atoms with Crippen LogP contribution in [0.3, 0.4) is 0 Å². The van der Waals surface area contributed by atoms with Gasteiger partial charge in [-0.25, -0.2) is 19.2 Å². The highest BCUT2D eigenvalue weighted by molar-refractivity contribution is 8.17. The summed E-state index contributed by atoms with van der Waals surface area (Å²) in [5.74, 6) is -1.48. The van der Waals surface area contributed by atoms with Crippen LogP contribution in [0.4, 0.5) is 0 Å². The van der Waals surface area contributed by atoms with Crippen molar-refractivity contribution in [1.82, 2.24) is 0 Å². The molecule has 4 aromatic rings. The van der Waals surface area contributed by atoms with E-state index in [1.165, 1.54) is 23.5 Å². The summed E-state index contributed by atoms with van der Waals surface area (Å²) < 4.78 is 23.5. The van der Waals surface area contributed by atoms with Crippen LogP contribution in [-0.4, -0.2) is 64.9 Å². The Morgan fingerprint density at radius 2 is 0.830 bits per heavy atom. The second-order valence-electron chi connectivity index (χ2n) is 10.0. The topological polar surface area (TPSA) is 105 Å². The van der Waals surface area contributed by atoms with Gasteiger partial charge >= 0.3 is 23.9 Å². The molecule has 0 aliphatic carbocycles. The molecule has 10 heteroatoms. The fourth-order valence-electron chi connectivity index (χ4n) is 4.52. The number of carbonyl (C=O) groups is 4. The summed E-state index contributed by atoms with van der Waals surface area (Å²) in [6.07, 6.45) is -3.88. The molecule has 0 aromatic heterocycles. The summed E-state index contributed by atoms with van der Waals surface area (Å²) >= 11 is 3.00. The number of hydrogen-bond acceptors (Lipinski definition) is 10. The summed E-state index contributed by atoms with van der Waals surface area (Å²) in [6.45, 7) is 3.44. The van der Waals surface area contributed by atoms with Crippen LogP contribution in [0.2, 0.25) is 0 Å². The zero-order valence-electron chi connectivity index (χ0n) is 26.1. The molecular weight excluding hydrogens is 637 g/mol. The van der Waals surface area contributed by atoms with Crippen molar-refractivity contribution in [1.29, 1.82) is 0 Å². The molecule has 0 aliphatic heterocycles. The second-order valence-corrected chi connectivity index (χ2v) is 13.2. The first-order valence-corrected chi connectivity index (χ1v) is 17.2. The molecule has 47 heavy (non-hydrogen) atoms. The van der Waals surface area contributed by atoms with E-state index in [2.05, 4.69) is 0 Å². The molecule has 3 atom stereocenters. The van der Waals surface area contributed by atoms with E-state index < -0.39 is 53.4 Å². The maximum Gasteiger partial charge on any atom is 0.338 e. The third-order valence-electron chi connectivity index (χ3n) is 6.78. The minimum absolute atomic E-state index is 0.236. The van der Waals surface area contributed by atoms with Gasteiger partial charge in [0.2, 0.25) is 0 Å². The van der Waals surface area contributed by atoms with E-state index >= 15 is 0 Å². The van der Waals surface area contributed by atoms with Gasteiger partial charge < -0.3 is 18.9 Å². The molecule has 0 saturated heterocycles. The van der Waals surface area contributed by atoms with Gasteiger partial charge in [-0.3, -0.25) is 0 Å². The quantitative estimate of drug-likeness (QED) is 0.0682. The SMILES string of the molecule is CCSC(SCC)[C@@H](OC(=O)c1ccccc1)[C@@H](OC(=O)c1ccccc1)[C@@H](COC(=O)c1ccccc1)OC(=O)c1ccccc1. The van der Waals surface area contributed by atoms with E-state index in [4.69, 9.17) is 18.9 Å². The van der Waals surface area contributed by atoms with Crippen molar-refractivity contribution in [2.45, 2.75) is 36.7 Å². The Balaban J connectivity index is 1.79. The lowest BCUT2D eigenvalue weighted by Gasteiger charge is -2.36. The average molecular weight is 673 g/mol. The number of ether oxygens (including phenoxy) is 4. The highest BCUT2D eigenvalue weighted by Gasteiger charge is 2.44. The number of carbonyl (C=O) groups excluding carboxylic acids is 4. The summed E-state index contributed by atoms with van der Waals surface area (Å²) in [5, 5.41) is 0.